The Morgan fingerprint density at radius 1 is 1.24 bits per heavy atom. The van der Waals surface area contributed by atoms with E-state index in [2.05, 4.69) is 39.6 Å². The van der Waals surface area contributed by atoms with E-state index in [1.54, 1.807) is 6.08 Å². The van der Waals surface area contributed by atoms with Gasteiger partial charge in [0.05, 0.1) is 4.62 Å². The molecule has 0 rings (SSSR count). The van der Waals surface area contributed by atoms with E-state index in [4.69, 9.17) is 5.41 Å². The molecule has 98 valence electrons. The molecule has 0 aromatic rings. The van der Waals surface area contributed by atoms with Crippen LogP contribution in [0.3, 0.4) is 0 Å². The lowest BCUT2D eigenvalue weighted by Crippen LogP contribution is -2.27. The van der Waals surface area contributed by atoms with E-state index in [0.717, 1.165) is 19.5 Å². The zero-order chi connectivity index (χ0) is 13.1. The quantitative estimate of drug-likeness (QED) is 0.453. The Kier molecular flexibility index (Phi) is 10.4. The van der Waals surface area contributed by atoms with Crippen molar-refractivity contribution in [2.45, 2.75) is 19.8 Å². The summed E-state index contributed by atoms with van der Waals surface area (Å²) in [5, 5.41) is 13.7. The molecule has 0 fully saturated rings. The molecule has 4 heteroatoms. The maximum Gasteiger partial charge on any atom is 0.0966 e. The van der Waals surface area contributed by atoms with Crippen molar-refractivity contribution in [2.24, 2.45) is 5.92 Å². The van der Waals surface area contributed by atoms with Crippen molar-refractivity contribution in [2.75, 3.05) is 27.2 Å². The van der Waals surface area contributed by atoms with Gasteiger partial charge in [-0.2, -0.15) is 0 Å². The van der Waals surface area contributed by atoms with Gasteiger partial charge in [-0.3, -0.25) is 5.41 Å². The minimum Gasteiger partial charge on any atom is -0.319 e. The van der Waals surface area contributed by atoms with Gasteiger partial charge in [0.1, 0.15) is 0 Å². The van der Waals surface area contributed by atoms with Crippen LogP contribution in [0.5, 0.6) is 0 Å². The van der Waals surface area contributed by atoms with Crippen LogP contribution in [0.1, 0.15) is 19.8 Å². The van der Waals surface area contributed by atoms with Crippen LogP contribution in [0.2, 0.25) is 0 Å². The van der Waals surface area contributed by atoms with Gasteiger partial charge in [0.25, 0.3) is 0 Å². The van der Waals surface area contributed by atoms with Crippen molar-refractivity contribution in [1.29, 1.82) is 5.41 Å². The highest BCUT2D eigenvalue weighted by molar-refractivity contribution is 9.18. The molecule has 0 saturated heterocycles. The fraction of sp³-hybridized carbons (Fsp3) is 0.615. The number of hydrogen-bond donors (Lipinski definition) is 3. The van der Waals surface area contributed by atoms with Crippen molar-refractivity contribution in [3.05, 3.63) is 23.8 Å². The zero-order valence-electron chi connectivity index (χ0n) is 11.0. The summed E-state index contributed by atoms with van der Waals surface area (Å²) >= 11 is 3.09. The minimum absolute atomic E-state index is 0.411. The molecule has 3 N–H and O–H groups in total. The normalized spacial score (nSPS) is 12.6. The predicted octanol–water partition coefficient (Wildman–Crippen LogP) is 2.70. The molecule has 0 aromatic carbocycles. The molecule has 0 radical (unpaired) electrons. The summed E-state index contributed by atoms with van der Waals surface area (Å²) in [4.78, 5) is 0. The maximum atomic E-state index is 7.23. The van der Waals surface area contributed by atoms with Crippen molar-refractivity contribution in [3.63, 3.8) is 0 Å². The first kappa shape index (κ1) is 16.6. The SMILES string of the molecule is CNCC(CC/C=C(C)/C=C\C(=N)Br)CNC. The molecule has 0 spiro atoms. The first-order valence-electron chi connectivity index (χ1n) is 5.98. The molecule has 0 aromatic heterocycles. The van der Waals surface area contributed by atoms with Crippen molar-refractivity contribution in [1.82, 2.24) is 10.6 Å². The van der Waals surface area contributed by atoms with Gasteiger partial charge in [0.15, 0.2) is 0 Å². The second kappa shape index (κ2) is 10.7. The molecule has 17 heavy (non-hydrogen) atoms. The van der Waals surface area contributed by atoms with Crippen LogP contribution >= 0.6 is 15.9 Å². The van der Waals surface area contributed by atoms with Crippen LogP contribution in [-0.4, -0.2) is 31.8 Å². The highest BCUT2D eigenvalue weighted by Crippen LogP contribution is 2.08. The highest BCUT2D eigenvalue weighted by Gasteiger charge is 2.04. The lowest BCUT2D eigenvalue weighted by Gasteiger charge is -2.14. The molecule has 0 aliphatic carbocycles. The summed E-state index contributed by atoms with van der Waals surface area (Å²) in [6.07, 6.45) is 8.20. The molecule has 0 heterocycles. The maximum absolute atomic E-state index is 7.23. The van der Waals surface area contributed by atoms with Crippen molar-refractivity contribution in [3.8, 4) is 0 Å². The van der Waals surface area contributed by atoms with Crippen LogP contribution in [-0.2, 0) is 0 Å². The Balaban J connectivity index is 3.99. The molecule has 0 atom stereocenters. The standard InChI is InChI=1S/C13H24BrN3/c1-11(7-8-13(14)15)5-4-6-12(9-16-2)10-17-3/h5,7-8,12,15-17H,4,6,9-10H2,1-3H3/b8-7-,11-5+,15-13?. The lowest BCUT2D eigenvalue weighted by molar-refractivity contribution is 0.448. The second-order valence-corrected chi connectivity index (χ2v) is 5.04. The topological polar surface area (TPSA) is 47.9 Å². The Morgan fingerprint density at radius 3 is 2.29 bits per heavy atom. The summed E-state index contributed by atoms with van der Waals surface area (Å²) in [6, 6.07) is 0. The summed E-state index contributed by atoms with van der Waals surface area (Å²) in [7, 11) is 3.99. The minimum atomic E-state index is 0.411. The molecule has 0 aliphatic rings. The Labute approximate surface area is 113 Å². The van der Waals surface area contributed by atoms with E-state index < -0.39 is 0 Å². The third kappa shape index (κ3) is 10.4. The molecular formula is C13H24BrN3. The molecule has 0 unspecified atom stereocenters. The first-order chi connectivity index (χ1) is 8.10. The van der Waals surface area contributed by atoms with Crippen LogP contribution in [0.4, 0.5) is 0 Å². The van der Waals surface area contributed by atoms with E-state index in [0.29, 0.717) is 10.5 Å². The average molecular weight is 302 g/mol. The van der Waals surface area contributed by atoms with Crippen molar-refractivity contribution < 1.29 is 0 Å². The van der Waals surface area contributed by atoms with Gasteiger partial charge >= 0.3 is 0 Å². The van der Waals surface area contributed by atoms with Crippen LogP contribution in [0.15, 0.2) is 23.8 Å². The number of rotatable bonds is 9. The van der Waals surface area contributed by atoms with Gasteiger partial charge < -0.3 is 10.6 Å². The first-order valence-corrected chi connectivity index (χ1v) is 6.77. The van der Waals surface area contributed by atoms with Gasteiger partial charge in [-0.25, -0.2) is 0 Å². The molecule has 0 aliphatic heterocycles. The van der Waals surface area contributed by atoms with Gasteiger partial charge in [-0.1, -0.05) is 17.7 Å². The number of hydrogen-bond acceptors (Lipinski definition) is 3. The van der Waals surface area contributed by atoms with E-state index >= 15 is 0 Å². The monoisotopic (exact) mass is 301 g/mol. The van der Waals surface area contributed by atoms with E-state index in [1.807, 2.05) is 20.2 Å². The fourth-order valence-corrected chi connectivity index (χ4v) is 1.81. The number of halogens is 1. The van der Waals surface area contributed by atoms with Gasteiger partial charge in [0, 0.05) is 0 Å². The number of allylic oxidation sites excluding steroid dienone is 4. The Bertz CT molecular complexity index is 266. The molecule has 0 amide bonds. The van der Waals surface area contributed by atoms with E-state index in [9.17, 15) is 0 Å². The Morgan fingerprint density at radius 2 is 1.82 bits per heavy atom. The van der Waals surface area contributed by atoms with E-state index in [1.165, 1.54) is 12.0 Å². The lowest BCUT2D eigenvalue weighted by atomic mass is 10.0. The van der Waals surface area contributed by atoms with Gasteiger partial charge in [-0.05, 0) is 74.9 Å². The summed E-state index contributed by atoms with van der Waals surface area (Å²) < 4.78 is 0.411. The number of nitrogens with one attached hydrogen (secondary N) is 3. The fourth-order valence-electron chi connectivity index (χ4n) is 1.67. The third-order valence-corrected chi connectivity index (χ3v) is 2.78. The largest absolute Gasteiger partial charge is 0.319 e. The van der Waals surface area contributed by atoms with Crippen LogP contribution in [0.25, 0.3) is 0 Å². The van der Waals surface area contributed by atoms with E-state index in [-0.39, 0.29) is 0 Å². The van der Waals surface area contributed by atoms with Crippen LogP contribution < -0.4 is 10.6 Å². The summed E-state index contributed by atoms with van der Waals surface area (Å²) in [5.74, 6) is 0.674. The second-order valence-electron chi connectivity index (χ2n) is 4.19. The van der Waals surface area contributed by atoms with Gasteiger partial charge in [0.2, 0.25) is 0 Å². The molecule has 0 saturated carbocycles. The third-order valence-electron chi connectivity index (χ3n) is 2.52. The summed E-state index contributed by atoms with van der Waals surface area (Å²) in [5.41, 5.74) is 1.21. The van der Waals surface area contributed by atoms with Crippen LogP contribution in [0, 0.1) is 11.3 Å². The summed E-state index contributed by atoms with van der Waals surface area (Å²) in [6.45, 7) is 4.17. The highest BCUT2D eigenvalue weighted by atomic mass is 79.9. The Hall–Kier alpha value is -0.450. The van der Waals surface area contributed by atoms with Gasteiger partial charge in [-0.15, -0.1) is 0 Å². The molecule has 0 bridgehead atoms. The predicted molar refractivity (Wildman–Crippen MR) is 80.1 cm³/mol. The average Bonchev–Trinajstić information content (AvgIpc) is 2.27. The zero-order valence-corrected chi connectivity index (χ0v) is 12.6. The van der Waals surface area contributed by atoms with Crippen molar-refractivity contribution >= 4 is 20.6 Å². The smallest absolute Gasteiger partial charge is 0.0966 e. The molecular weight excluding hydrogens is 278 g/mol. The molecule has 3 nitrogen and oxygen atoms in total.